The monoisotopic (exact) mass is 398 g/mol. The Balaban J connectivity index is 1.67. The van der Waals surface area contributed by atoms with Gasteiger partial charge in [-0.1, -0.05) is 25.1 Å². The quantitative estimate of drug-likeness (QED) is 0.374. The number of hydrogen-bond donors (Lipinski definition) is 0. The lowest BCUT2D eigenvalue weighted by Gasteiger charge is -2.46. The fourth-order valence-electron chi connectivity index (χ4n) is 5.29. The summed E-state index contributed by atoms with van der Waals surface area (Å²) >= 11 is 0. The van der Waals surface area contributed by atoms with Crippen molar-refractivity contribution < 1.29 is 13.9 Å². The summed E-state index contributed by atoms with van der Waals surface area (Å²) in [5.74, 6) is -0.0612. The van der Waals surface area contributed by atoms with E-state index in [1.807, 2.05) is 6.08 Å². The van der Waals surface area contributed by atoms with Crippen molar-refractivity contribution in [2.75, 3.05) is 26.4 Å². The van der Waals surface area contributed by atoms with Crippen molar-refractivity contribution in [3.63, 3.8) is 0 Å². The number of hydrogen-bond acceptors (Lipinski definition) is 3. The maximum atomic E-state index is 12.7. The summed E-state index contributed by atoms with van der Waals surface area (Å²) in [6.45, 7) is 8.32. The largest absolute Gasteiger partial charge is 0.465 e. The van der Waals surface area contributed by atoms with E-state index in [0.29, 0.717) is 18.5 Å². The minimum absolute atomic E-state index is 0.168. The van der Waals surface area contributed by atoms with Crippen LogP contribution in [0.1, 0.15) is 43.2 Å². The van der Waals surface area contributed by atoms with Crippen molar-refractivity contribution >= 4 is 16.9 Å². The molecule has 29 heavy (non-hydrogen) atoms. The number of benzene rings is 1. The van der Waals surface area contributed by atoms with Crippen molar-refractivity contribution in [3.05, 3.63) is 48.2 Å². The van der Waals surface area contributed by atoms with Gasteiger partial charge < -0.3 is 9.30 Å². The normalized spacial score (nSPS) is 23.7. The first-order chi connectivity index (χ1) is 14.2. The molecule has 1 saturated heterocycles. The van der Waals surface area contributed by atoms with Gasteiger partial charge in [-0.05, 0) is 36.5 Å². The number of esters is 1. The topological polar surface area (TPSA) is 34.5 Å². The Morgan fingerprint density at radius 2 is 2.28 bits per heavy atom. The number of aryl methyl sites for hydroxylation is 1. The molecule has 1 aromatic carbocycles. The molecule has 2 aliphatic rings. The van der Waals surface area contributed by atoms with Crippen LogP contribution in [0.25, 0.3) is 10.9 Å². The number of ether oxygens (including phenoxy) is 1. The number of nitrogens with zero attached hydrogens (tertiary/aromatic N) is 2. The predicted octanol–water partition coefficient (Wildman–Crippen LogP) is 4.47. The molecule has 2 aromatic rings. The highest BCUT2D eigenvalue weighted by Gasteiger charge is 2.43. The molecule has 5 heteroatoms. The minimum atomic E-state index is -0.454. The molecule has 4 rings (SSSR count). The number of likely N-dealkylation sites (tertiary alicyclic amines) is 1. The Labute approximate surface area is 172 Å². The van der Waals surface area contributed by atoms with Gasteiger partial charge in [-0.25, -0.2) is 0 Å². The minimum Gasteiger partial charge on any atom is -0.465 e. The Morgan fingerprint density at radius 3 is 3.03 bits per heavy atom. The van der Waals surface area contributed by atoms with E-state index in [1.54, 1.807) is 0 Å². The third-order valence-corrected chi connectivity index (χ3v) is 6.46. The molecule has 0 bridgehead atoms. The SMILES string of the molecule is C=CCN1CC(C(=O)OCCCF)C[C@@H]2c3cccc4c3c(cn4CCC)C[C@H]21. The van der Waals surface area contributed by atoms with Crippen molar-refractivity contribution in [1.29, 1.82) is 0 Å². The van der Waals surface area contributed by atoms with Crippen molar-refractivity contribution in [2.24, 2.45) is 5.92 Å². The summed E-state index contributed by atoms with van der Waals surface area (Å²) < 4.78 is 20.1. The van der Waals surface area contributed by atoms with Crippen LogP contribution < -0.4 is 0 Å². The molecule has 2 heterocycles. The van der Waals surface area contributed by atoms with Crippen LogP contribution in [-0.2, 0) is 22.5 Å². The highest BCUT2D eigenvalue weighted by Crippen LogP contribution is 2.45. The lowest BCUT2D eigenvalue weighted by molar-refractivity contribution is -0.151. The summed E-state index contributed by atoms with van der Waals surface area (Å²) in [4.78, 5) is 15.1. The number of fused-ring (bicyclic) bond motifs is 2. The van der Waals surface area contributed by atoms with Gasteiger partial charge in [-0.3, -0.25) is 14.1 Å². The molecule has 0 N–H and O–H groups in total. The first kappa shape index (κ1) is 20.1. The van der Waals surface area contributed by atoms with E-state index in [-0.39, 0.29) is 24.9 Å². The third kappa shape index (κ3) is 3.73. The van der Waals surface area contributed by atoms with Gasteiger partial charge in [0.2, 0.25) is 0 Å². The van der Waals surface area contributed by atoms with Crippen LogP contribution in [-0.4, -0.2) is 47.8 Å². The molecular weight excluding hydrogens is 367 g/mol. The standard InChI is InChI=1S/C24H31FN2O2/c1-3-10-26-15-17-14-22-20(19-7-5-8-21(26)23(17)19)13-18(16-27(22)11-4-2)24(28)29-12-6-9-25/h4-5,7-8,15,18,20,22H,2-3,6,9-14,16H2,1H3/t18?,20-,22-/m1/s1. The van der Waals surface area contributed by atoms with Crippen LogP contribution in [0.2, 0.25) is 0 Å². The van der Waals surface area contributed by atoms with Crippen LogP contribution in [0, 0.1) is 5.92 Å². The fraction of sp³-hybridized carbons (Fsp3) is 0.542. The average Bonchev–Trinajstić information content (AvgIpc) is 3.08. The van der Waals surface area contributed by atoms with Gasteiger partial charge in [0.15, 0.2) is 0 Å². The molecule has 156 valence electrons. The Morgan fingerprint density at radius 1 is 1.41 bits per heavy atom. The van der Waals surface area contributed by atoms with E-state index in [4.69, 9.17) is 4.74 Å². The van der Waals surface area contributed by atoms with E-state index in [9.17, 15) is 9.18 Å². The Hall–Kier alpha value is -2.14. The Kier molecular flexibility index (Phi) is 6.04. The van der Waals surface area contributed by atoms with Crippen LogP contribution in [0.3, 0.4) is 0 Å². The third-order valence-electron chi connectivity index (χ3n) is 6.46. The van der Waals surface area contributed by atoms with E-state index < -0.39 is 6.67 Å². The summed E-state index contributed by atoms with van der Waals surface area (Å²) in [7, 11) is 0. The molecule has 1 aliphatic heterocycles. The molecule has 0 amide bonds. The number of piperidine rings is 1. The van der Waals surface area contributed by atoms with Crippen LogP contribution in [0.5, 0.6) is 0 Å². The second-order valence-corrected chi connectivity index (χ2v) is 8.35. The molecule has 3 atom stereocenters. The van der Waals surface area contributed by atoms with E-state index in [0.717, 1.165) is 32.4 Å². The molecule has 1 aromatic heterocycles. The summed E-state index contributed by atoms with van der Waals surface area (Å²) in [5.41, 5.74) is 4.09. The van der Waals surface area contributed by atoms with Gasteiger partial charge in [0, 0.05) is 55.1 Å². The zero-order valence-corrected chi connectivity index (χ0v) is 17.3. The fourth-order valence-corrected chi connectivity index (χ4v) is 5.29. The lowest BCUT2D eigenvalue weighted by atomic mass is 9.72. The van der Waals surface area contributed by atoms with E-state index in [1.165, 1.54) is 22.0 Å². The van der Waals surface area contributed by atoms with Crippen LogP contribution in [0.4, 0.5) is 4.39 Å². The number of aromatic nitrogens is 1. The lowest BCUT2D eigenvalue weighted by Crippen LogP contribution is -2.51. The molecule has 1 aliphatic carbocycles. The second-order valence-electron chi connectivity index (χ2n) is 8.35. The summed E-state index contributed by atoms with van der Waals surface area (Å²) in [5, 5.41) is 1.38. The zero-order chi connectivity index (χ0) is 20.4. The van der Waals surface area contributed by atoms with Gasteiger partial charge in [-0.2, -0.15) is 0 Å². The predicted molar refractivity (Wildman–Crippen MR) is 114 cm³/mol. The zero-order valence-electron chi connectivity index (χ0n) is 17.3. The Bertz CT molecular complexity index is 890. The number of carbonyl (C=O) groups is 1. The maximum Gasteiger partial charge on any atom is 0.310 e. The van der Waals surface area contributed by atoms with E-state index >= 15 is 0 Å². The first-order valence-corrected chi connectivity index (χ1v) is 10.9. The maximum absolute atomic E-state index is 12.7. The molecule has 4 nitrogen and oxygen atoms in total. The van der Waals surface area contributed by atoms with Gasteiger partial charge in [0.25, 0.3) is 0 Å². The molecular formula is C24H31FN2O2. The van der Waals surface area contributed by atoms with Crippen LogP contribution in [0.15, 0.2) is 37.1 Å². The second kappa shape index (κ2) is 8.70. The van der Waals surface area contributed by atoms with E-state index in [2.05, 4.69) is 47.4 Å². The van der Waals surface area contributed by atoms with Gasteiger partial charge in [0.1, 0.15) is 0 Å². The van der Waals surface area contributed by atoms with Gasteiger partial charge in [0.05, 0.1) is 19.2 Å². The summed E-state index contributed by atoms with van der Waals surface area (Å²) in [6, 6.07) is 6.97. The molecule has 1 unspecified atom stereocenters. The molecule has 0 spiro atoms. The first-order valence-electron chi connectivity index (χ1n) is 10.9. The number of rotatable bonds is 8. The molecule has 0 saturated carbocycles. The number of halogens is 1. The van der Waals surface area contributed by atoms with Gasteiger partial charge in [-0.15, -0.1) is 6.58 Å². The van der Waals surface area contributed by atoms with Crippen molar-refractivity contribution in [2.45, 2.75) is 51.1 Å². The van der Waals surface area contributed by atoms with Crippen molar-refractivity contribution in [3.8, 4) is 0 Å². The molecule has 1 fully saturated rings. The smallest absolute Gasteiger partial charge is 0.310 e. The average molecular weight is 399 g/mol. The summed E-state index contributed by atoms with van der Waals surface area (Å²) in [6.07, 6.45) is 7.43. The van der Waals surface area contributed by atoms with Gasteiger partial charge >= 0.3 is 5.97 Å². The highest BCUT2D eigenvalue weighted by atomic mass is 19.1. The van der Waals surface area contributed by atoms with Crippen LogP contribution >= 0.6 is 0 Å². The number of alkyl halides is 1. The number of carbonyl (C=O) groups excluding carboxylic acids is 1. The van der Waals surface area contributed by atoms with Crippen molar-refractivity contribution in [1.82, 2.24) is 9.47 Å². The highest BCUT2D eigenvalue weighted by molar-refractivity contribution is 5.89. The molecule has 0 radical (unpaired) electrons.